The summed E-state index contributed by atoms with van der Waals surface area (Å²) in [5.41, 5.74) is 1.80. The van der Waals surface area contributed by atoms with Gasteiger partial charge in [0.15, 0.2) is 0 Å². The van der Waals surface area contributed by atoms with Crippen molar-refractivity contribution < 1.29 is 9.53 Å². The molecule has 2 heterocycles. The number of nitrogens with one attached hydrogen (secondary N) is 2. The number of carbonyl (C=O) groups is 1. The Balaban J connectivity index is 1.39. The summed E-state index contributed by atoms with van der Waals surface area (Å²) in [6, 6.07) is 7.38. The fraction of sp³-hybridized carbons (Fsp3) is 0.381. The molecule has 0 saturated heterocycles. The molecule has 1 aliphatic carbocycles. The van der Waals surface area contributed by atoms with E-state index >= 15 is 0 Å². The van der Waals surface area contributed by atoms with Crippen LogP contribution in [-0.4, -0.2) is 28.2 Å². The van der Waals surface area contributed by atoms with E-state index < -0.39 is 0 Å². The summed E-state index contributed by atoms with van der Waals surface area (Å²) in [6.45, 7) is 2.44. The number of carbonyl (C=O) groups excluding carboxylic acids is 1. The van der Waals surface area contributed by atoms with Crippen molar-refractivity contribution >= 4 is 44.9 Å². The van der Waals surface area contributed by atoms with Crippen LogP contribution in [0.4, 0.5) is 5.69 Å². The third kappa shape index (κ3) is 4.48. The molecule has 29 heavy (non-hydrogen) atoms. The van der Waals surface area contributed by atoms with Gasteiger partial charge in [-0.3, -0.25) is 9.59 Å². The van der Waals surface area contributed by atoms with Crippen LogP contribution in [0.15, 0.2) is 29.1 Å². The van der Waals surface area contributed by atoms with Crippen LogP contribution in [0.3, 0.4) is 0 Å². The Labute approximate surface area is 177 Å². The van der Waals surface area contributed by atoms with Crippen LogP contribution in [-0.2, 0) is 23.4 Å². The Hall–Kier alpha value is -2.32. The molecule has 0 aliphatic heterocycles. The van der Waals surface area contributed by atoms with Crippen LogP contribution in [0.2, 0.25) is 0 Å². The lowest BCUT2D eigenvalue weighted by Gasteiger charge is -2.11. The van der Waals surface area contributed by atoms with E-state index in [0.29, 0.717) is 29.6 Å². The first kappa shape index (κ1) is 20.0. The first-order valence-corrected chi connectivity index (χ1v) is 11.8. The molecular formula is C21H23N3O3S2. The van der Waals surface area contributed by atoms with Crippen molar-refractivity contribution in [2.45, 2.75) is 38.4 Å². The van der Waals surface area contributed by atoms with E-state index in [1.165, 1.54) is 28.6 Å². The van der Waals surface area contributed by atoms with Crippen LogP contribution >= 0.6 is 23.1 Å². The average Bonchev–Trinajstić information content (AvgIpc) is 3.08. The number of thiophene rings is 1. The summed E-state index contributed by atoms with van der Waals surface area (Å²) in [6.07, 6.45) is 4.33. The third-order valence-electron chi connectivity index (χ3n) is 4.81. The van der Waals surface area contributed by atoms with Crippen molar-refractivity contribution in [3.8, 4) is 5.75 Å². The minimum atomic E-state index is -0.114. The lowest BCUT2D eigenvalue weighted by Crippen LogP contribution is -2.16. The van der Waals surface area contributed by atoms with Gasteiger partial charge >= 0.3 is 0 Å². The van der Waals surface area contributed by atoms with E-state index in [-0.39, 0.29) is 17.2 Å². The highest BCUT2D eigenvalue weighted by atomic mass is 32.2. The number of amides is 1. The number of thioether (sulfide) groups is 1. The zero-order chi connectivity index (χ0) is 20.2. The number of hydrogen-bond acceptors (Lipinski definition) is 6. The molecule has 1 aromatic carbocycles. The molecule has 2 aromatic heterocycles. The van der Waals surface area contributed by atoms with Gasteiger partial charge in [0.05, 0.1) is 29.2 Å². The lowest BCUT2D eigenvalue weighted by molar-refractivity contribution is -0.113. The van der Waals surface area contributed by atoms with E-state index in [2.05, 4.69) is 15.3 Å². The number of ether oxygens (including phenoxy) is 1. The summed E-state index contributed by atoms with van der Waals surface area (Å²) in [7, 11) is 0. The molecule has 2 N–H and O–H groups in total. The Morgan fingerprint density at radius 1 is 1.31 bits per heavy atom. The predicted molar refractivity (Wildman–Crippen MR) is 119 cm³/mol. The van der Waals surface area contributed by atoms with Crippen LogP contribution in [0.5, 0.6) is 5.75 Å². The molecule has 1 aliphatic rings. The van der Waals surface area contributed by atoms with E-state index in [4.69, 9.17) is 4.74 Å². The highest BCUT2D eigenvalue weighted by Gasteiger charge is 2.19. The van der Waals surface area contributed by atoms with Gasteiger partial charge in [-0.05, 0) is 50.3 Å². The van der Waals surface area contributed by atoms with E-state index in [1.54, 1.807) is 11.3 Å². The fourth-order valence-corrected chi connectivity index (χ4v) is 5.53. The highest BCUT2D eigenvalue weighted by molar-refractivity contribution is 7.99. The van der Waals surface area contributed by atoms with E-state index in [0.717, 1.165) is 29.5 Å². The van der Waals surface area contributed by atoms with E-state index in [1.807, 2.05) is 31.2 Å². The number of para-hydroxylation sites is 2. The zero-order valence-corrected chi connectivity index (χ0v) is 17.9. The summed E-state index contributed by atoms with van der Waals surface area (Å²) in [5.74, 6) is 1.91. The summed E-state index contributed by atoms with van der Waals surface area (Å²) in [4.78, 5) is 34.6. The summed E-state index contributed by atoms with van der Waals surface area (Å²) >= 11 is 3.07. The number of fused-ring (bicyclic) bond motifs is 3. The molecule has 8 heteroatoms. The minimum Gasteiger partial charge on any atom is -0.492 e. The summed E-state index contributed by atoms with van der Waals surface area (Å²) < 4.78 is 5.53. The molecule has 3 aromatic rings. The van der Waals surface area contributed by atoms with Gasteiger partial charge in [0.25, 0.3) is 5.56 Å². The van der Waals surface area contributed by atoms with Crippen LogP contribution in [0.1, 0.15) is 36.0 Å². The second kappa shape index (κ2) is 9.00. The quantitative estimate of drug-likeness (QED) is 0.590. The first-order chi connectivity index (χ1) is 14.2. The highest BCUT2D eigenvalue weighted by Crippen LogP contribution is 2.33. The number of aromatic nitrogens is 2. The molecule has 152 valence electrons. The Kier molecular flexibility index (Phi) is 6.20. The molecule has 0 spiro atoms. The van der Waals surface area contributed by atoms with Gasteiger partial charge < -0.3 is 15.0 Å². The van der Waals surface area contributed by atoms with Crippen molar-refractivity contribution in [3.05, 3.63) is 50.9 Å². The van der Waals surface area contributed by atoms with Crippen molar-refractivity contribution in [2.24, 2.45) is 0 Å². The Morgan fingerprint density at radius 3 is 3.00 bits per heavy atom. The molecule has 4 rings (SSSR count). The number of nitrogens with zero attached hydrogens (tertiary/aromatic N) is 1. The van der Waals surface area contributed by atoms with Crippen molar-refractivity contribution in [3.63, 3.8) is 0 Å². The number of rotatable bonds is 7. The van der Waals surface area contributed by atoms with Gasteiger partial charge in [-0.15, -0.1) is 23.1 Å². The lowest BCUT2D eigenvalue weighted by atomic mass is 9.97. The van der Waals surface area contributed by atoms with Crippen LogP contribution < -0.4 is 15.6 Å². The van der Waals surface area contributed by atoms with Crippen LogP contribution in [0, 0.1) is 0 Å². The van der Waals surface area contributed by atoms with Crippen molar-refractivity contribution in [1.82, 2.24) is 9.97 Å². The number of anilines is 1. The number of hydrogen-bond donors (Lipinski definition) is 2. The summed E-state index contributed by atoms with van der Waals surface area (Å²) in [5, 5.41) is 3.65. The topological polar surface area (TPSA) is 84.1 Å². The molecule has 0 unspecified atom stereocenters. The van der Waals surface area contributed by atoms with Gasteiger partial charge in [-0.25, -0.2) is 4.98 Å². The predicted octanol–water partition coefficient (Wildman–Crippen LogP) is 4.13. The Morgan fingerprint density at radius 2 is 2.14 bits per heavy atom. The van der Waals surface area contributed by atoms with Gasteiger partial charge in [0.1, 0.15) is 16.4 Å². The zero-order valence-electron chi connectivity index (χ0n) is 16.2. The molecular weight excluding hydrogens is 406 g/mol. The second-order valence-corrected chi connectivity index (χ2v) is 8.94. The average molecular weight is 430 g/mol. The van der Waals surface area contributed by atoms with Gasteiger partial charge in [-0.2, -0.15) is 0 Å². The monoisotopic (exact) mass is 429 g/mol. The molecule has 0 saturated carbocycles. The molecule has 0 fully saturated rings. The minimum absolute atomic E-state index is 0.0555. The number of aryl methyl sites for hydroxylation is 2. The SMILES string of the molecule is CCOc1ccccc1NC(=O)CSCc1nc2sc3c(c2c(=O)[nH]1)CCCC3. The number of aromatic amines is 1. The molecule has 0 atom stereocenters. The Bertz CT molecular complexity index is 1090. The van der Waals surface area contributed by atoms with E-state index in [9.17, 15) is 9.59 Å². The maximum Gasteiger partial charge on any atom is 0.259 e. The normalized spacial score (nSPS) is 13.3. The molecule has 1 amide bonds. The van der Waals surface area contributed by atoms with Crippen molar-refractivity contribution in [2.75, 3.05) is 17.7 Å². The third-order valence-corrected chi connectivity index (χ3v) is 6.94. The largest absolute Gasteiger partial charge is 0.492 e. The van der Waals surface area contributed by atoms with Gasteiger partial charge in [0.2, 0.25) is 5.91 Å². The van der Waals surface area contributed by atoms with Gasteiger partial charge in [0, 0.05) is 4.88 Å². The molecule has 6 nitrogen and oxygen atoms in total. The fourth-order valence-electron chi connectivity index (χ4n) is 3.55. The number of benzene rings is 1. The number of H-pyrrole nitrogens is 1. The second-order valence-electron chi connectivity index (χ2n) is 6.87. The van der Waals surface area contributed by atoms with Crippen LogP contribution in [0.25, 0.3) is 10.2 Å². The van der Waals surface area contributed by atoms with Crippen molar-refractivity contribution in [1.29, 1.82) is 0 Å². The standard InChI is InChI=1S/C21H23N3O3S2/c1-2-27-15-9-5-4-8-14(15)22-18(25)12-28-11-17-23-20(26)19-13-7-3-6-10-16(13)29-21(19)24-17/h4-5,8-9H,2-3,6-7,10-12H2,1H3,(H,22,25)(H,23,24,26). The molecule has 0 radical (unpaired) electrons. The smallest absolute Gasteiger partial charge is 0.259 e. The maximum atomic E-state index is 12.6. The van der Waals surface area contributed by atoms with Gasteiger partial charge in [-0.1, -0.05) is 12.1 Å². The molecule has 0 bridgehead atoms. The first-order valence-electron chi connectivity index (χ1n) is 9.78. The maximum absolute atomic E-state index is 12.6.